The Labute approximate surface area is 788 Å². The van der Waals surface area contributed by atoms with Crippen molar-refractivity contribution >= 4 is 111 Å². The number of aromatic hydroxyl groups is 4. The Hall–Kier alpha value is -11.2. The lowest BCUT2D eigenvalue weighted by atomic mass is 9.89. The number of phenolic OH excluding ortho intramolecular Hbond substituents is 4. The van der Waals surface area contributed by atoms with E-state index in [0.717, 1.165) is 98.5 Å². The summed E-state index contributed by atoms with van der Waals surface area (Å²) in [6.07, 6.45) is -31.6. The molecule has 0 aromatic heterocycles. The average Bonchev–Trinajstić information content (AvgIpc) is 0.749. The number of halogens is 5. The van der Waals surface area contributed by atoms with Gasteiger partial charge in [0.15, 0.2) is 47.2 Å². The predicted octanol–water partition coefficient (Wildman–Crippen LogP) is 2.82. The second kappa shape index (κ2) is 41.8. The lowest BCUT2D eigenvalue weighted by Gasteiger charge is -2.43. The maximum atomic E-state index is 17.1. The fraction of sp³-hybridized carbons (Fsp3) is 0.414. The van der Waals surface area contributed by atoms with Crippen LogP contribution in [0.3, 0.4) is 0 Å². The molecule has 48 heteroatoms. The van der Waals surface area contributed by atoms with Crippen LogP contribution >= 0.6 is 58.0 Å². The van der Waals surface area contributed by atoms with Gasteiger partial charge in [-0.1, -0.05) is 116 Å². The molecule has 135 heavy (non-hydrogen) atoms. The number of fused-ring (bicyclic) bond motifs is 14. The van der Waals surface area contributed by atoms with Gasteiger partial charge >= 0.3 is 11.9 Å². The van der Waals surface area contributed by atoms with Gasteiger partial charge in [0.1, 0.15) is 150 Å². The Morgan fingerprint density at radius 1 is 0.452 bits per heavy atom. The van der Waals surface area contributed by atoms with E-state index in [1.807, 2.05) is 6.92 Å². The fourth-order valence-corrected chi connectivity index (χ4v) is 17.9. The van der Waals surface area contributed by atoms with Crippen LogP contribution in [0.5, 0.6) is 69.0 Å². The number of carboxylic acids is 2. The number of hydrogen-bond acceptors (Lipinski definition) is 34. The highest BCUT2D eigenvalue weighted by atomic mass is 35.5. The third-order valence-corrected chi connectivity index (χ3v) is 25.2. The van der Waals surface area contributed by atoms with Gasteiger partial charge in [-0.25, -0.2) is 9.59 Å². The number of aliphatic carboxylic acids is 2. The first-order chi connectivity index (χ1) is 64.2. The quantitative estimate of drug-likeness (QED) is 0.0488. The number of aliphatic hydroxyl groups is 11. The molecule has 7 aromatic carbocycles. The monoisotopic (exact) mass is 1980 g/mol. The molecule has 0 radical (unpaired) electrons. The molecule has 9 aliphatic rings. The van der Waals surface area contributed by atoms with Crippen LogP contribution in [-0.2, 0) is 62.1 Å². The first kappa shape index (κ1) is 99.7. The van der Waals surface area contributed by atoms with Gasteiger partial charge in [0.05, 0.1) is 38.3 Å². The zero-order valence-corrected chi connectivity index (χ0v) is 74.3. The Balaban J connectivity index is 1.06. The largest absolute Gasteiger partial charge is 0.508 e. The van der Waals surface area contributed by atoms with Gasteiger partial charge in [0.25, 0.3) is 0 Å². The van der Waals surface area contributed by atoms with Crippen LogP contribution < -0.4 is 66.2 Å². The van der Waals surface area contributed by atoms with Gasteiger partial charge in [-0.2, -0.15) is 0 Å². The van der Waals surface area contributed by atoms with E-state index in [9.17, 15) is 106 Å². The molecule has 724 valence electrons. The standard InChI is InChI=1S/C87H91Cl5N8O35/c1-3-4-5-6-7-8-9-10-52(107)94-61-66(111)69(114)76(84(125)126)135-85(61)132-72-33-18-41(90)74(42(91)19-33)129-49-22-32-21-48(75(49)134-87-71(116)68(113)65(110)51(28-102)131-87)128-46-14-12-30(16-39(46)88)63(108)60-81(121)97-58(38-25-35(26-45(106)54(38)92)127-47-20-29(11-13-43(47)104)55(93-2)77(117)99-60)80(120)96-57(32)78(118)95-56-31-15-37(73(40(89)17-31)133-86-70(115)67(112)64(109)50(27-101)130-86)53-36(23-34(103)24-44(53)105)59(83(123)124)98-82(122)62(72)100-79(56)119/h11-26,50-51,55-72,76,85-87,93,101-106,108-116H,3-10,27-28H2,1-2H3,(H,94,107)(H,95,118)(H,96,120)(H,97,121)(H,98,122)(H,99,117)(H,100,119)(H,123,124)(H,125,126)/t50-,51-,55+,56-,57+,58+,59?,60+,61+,62-,63+,64-,65-,66+,67+,68+,69-,70+,71+,72-,76-,85+,86-,87-/m0/s1. The number of ether oxygens (including phenoxy) is 9. The van der Waals surface area contributed by atoms with Gasteiger partial charge in [0.2, 0.25) is 59.7 Å². The maximum absolute atomic E-state index is 17.1. The van der Waals surface area contributed by atoms with Gasteiger partial charge in [0, 0.05) is 40.8 Å². The molecule has 1 unspecified atom stereocenters. The minimum atomic E-state index is -2.79. The van der Waals surface area contributed by atoms with E-state index in [1.54, 1.807) is 0 Å². The normalized spacial score (nSPS) is 29.1. The van der Waals surface area contributed by atoms with Crippen molar-refractivity contribution in [2.45, 2.75) is 205 Å². The zero-order chi connectivity index (χ0) is 97.5. The molecule has 9 heterocycles. The molecule has 16 rings (SSSR count). The van der Waals surface area contributed by atoms with Gasteiger partial charge in [-0.05, 0) is 114 Å². The average molecular weight is 1990 g/mol. The number of likely N-dealkylation sites (N-methyl/N-ethyl adjacent to an activating group) is 1. The van der Waals surface area contributed by atoms with E-state index in [0.29, 0.717) is 25.0 Å². The second-order valence-electron chi connectivity index (χ2n) is 32.7. The number of benzene rings is 7. The van der Waals surface area contributed by atoms with Crippen LogP contribution in [0, 0.1) is 0 Å². The number of rotatable bonds is 20. The smallest absolute Gasteiger partial charge is 0.335 e. The lowest BCUT2D eigenvalue weighted by Crippen LogP contribution is -2.66. The molecule has 17 bridgehead atoms. The molecule has 25 N–H and O–H groups in total. The van der Waals surface area contributed by atoms with E-state index in [2.05, 4.69) is 42.5 Å². The molecule has 24 atom stereocenters. The fourth-order valence-electron chi connectivity index (χ4n) is 16.6. The van der Waals surface area contributed by atoms with Crippen LogP contribution in [0.1, 0.15) is 140 Å². The summed E-state index contributed by atoms with van der Waals surface area (Å²) in [5, 5.41) is 211. The number of phenols is 4. The van der Waals surface area contributed by atoms with E-state index >= 15 is 24.0 Å². The van der Waals surface area contributed by atoms with Gasteiger partial charge < -0.3 is 172 Å². The summed E-state index contributed by atoms with van der Waals surface area (Å²) in [6.45, 7) is -0.158. The number of carbonyl (C=O) groups excluding carboxylic acids is 7. The summed E-state index contributed by atoms with van der Waals surface area (Å²) < 4.78 is 56.3. The van der Waals surface area contributed by atoms with E-state index in [1.165, 1.54) is 19.2 Å². The number of unbranched alkanes of at least 4 members (excludes halogenated alkanes) is 6. The minimum Gasteiger partial charge on any atom is -0.508 e. The zero-order valence-electron chi connectivity index (χ0n) is 70.5. The van der Waals surface area contributed by atoms with Gasteiger partial charge in [-0.15, -0.1) is 0 Å². The molecule has 9 aliphatic heterocycles. The van der Waals surface area contributed by atoms with Gasteiger partial charge in [-0.3, -0.25) is 33.6 Å². The van der Waals surface area contributed by atoms with Crippen molar-refractivity contribution in [1.29, 1.82) is 0 Å². The molecule has 3 fully saturated rings. The highest BCUT2D eigenvalue weighted by molar-refractivity contribution is 6.37. The summed E-state index contributed by atoms with van der Waals surface area (Å²) in [5.74, 6) is -24.0. The van der Waals surface area contributed by atoms with Crippen molar-refractivity contribution in [3.8, 4) is 80.1 Å². The van der Waals surface area contributed by atoms with Crippen molar-refractivity contribution in [1.82, 2.24) is 42.5 Å². The van der Waals surface area contributed by atoms with E-state index < -0.39 is 346 Å². The molecular weight excluding hydrogens is 1890 g/mol. The summed E-state index contributed by atoms with van der Waals surface area (Å²) >= 11 is 36.4. The first-order valence-corrected chi connectivity index (χ1v) is 43.9. The molecule has 7 amide bonds. The Bertz CT molecular complexity index is 5730. The molecule has 3 saturated heterocycles. The summed E-state index contributed by atoms with van der Waals surface area (Å²) in [5.41, 5.74) is -5.61. The first-order valence-electron chi connectivity index (χ1n) is 42.0. The van der Waals surface area contributed by atoms with Crippen molar-refractivity contribution in [3.63, 3.8) is 0 Å². The third kappa shape index (κ3) is 20.8. The third-order valence-electron chi connectivity index (χ3n) is 23.6. The number of aliphatic hydroxyl groups excluding tert-OH is 11. The van der Waals surface area contributed by atoms with Crippen molar-refractivity contribution < 1.29 is 173 Å². The van der Waals surface area contributed by atoms with Crippen molar-refractivity contribution in [2.75, 3.05) is 20.3 Å². The van der Waals surface area contributed by atoms with E-state index in [-0.39, 0.29) is 24.0 Å². The summed E-state index contributed by atoms with van der Waals surface area (Å²) in [4.78, 5) is 140. The summed E-state index contributed by atoms with van der Waals surface area (Å²) in [6, 6.07) is -4.49. The number of carboxylic acid groups (broad SMARTS) is 2. The highest BCUT2D eigenvalue weighted by Gasteiger charge is 2.54. The molecule has 43 nitrogen and oxygen atoms in total. The second-order valence-corrected chi connectivity index (χ2v) is 34.7. The van der Waals surface area contributed by atoms with Crippen LogP contribution in [0.15, 0.2) is 97.1 Å². The molecule has 7 aromatic rings. The van der Waals surface area contributed by atoms with E-state index in [4.69, 9.17) is 101 Å². The van der Waals surface area contributed by atoms with Crippen LogP contribution in [0.25, 0.3) is 11.1 Å². The maximum Gasteiger partial charge on any atom is 0.335 e. The van der Waals surface area contributed by atoms with Crippen molar-refractivity contribution in [2.24, 2.45) is 0 Å². The number of carbonyl (C=O) groups is 9. The van der Waals surface area contributed by atoms with Crippen LogP contribution in [0.4, 0.5) is 0 Å². The van der Waals surface area contributed by atoms with Crippen LogP contribution in [0.2, 0.25) is 25.1 Å². The highest BCUT2D eigenvalue weighted by Crippen LogP contribution is 2.53. The summed E-state index contributed by atoms with van der Waals surface area (Å²) in [7, 11) is 1.32. The Morgan fingerprint density at radius 3 is 1.62 bits per heavy atom. The van der Waals surface area contributed by atoms with Crippen molar-refractivity contribution in [3.05, 3.63) is 161 Å². The molecule has 0 spiro atoms. The minimum absolute atomic E-state index is 0.0424. The number of hydrogen-bond donors (Lipinski definition) is 25. The Kier molecular flexibility index (Phi) is 30.9. The van der Waals surface area contributed by atoms with Crippen LogP contribution in [-0.4, -0.2) is 265 Å². The lowest BCUT2D eigenvalue weighted by molar-refractivity contribution is -0.278. The molecule has 0 saturated carbocycles. The Morgan fingerprint density at radius 2 is 1.01 bits per heavy atom. The predicted molar refractivity (Wildman–Crippen MR) is 463 cm³/mol. The number of nitrogens with one attached hydrogen (secondary N) is 8. The molecular formula is C87H91Cl5N8O35. The topological polar surface area (TPSA) is 677 Å². The molecule has 0 aliphatic carbocycles. The number of amides is 7. The SMILES string of the molecule is CCCCCCCCCC(=O)N[C@H]1[C@H](O[C@H]2c3cc(Cl)c(c(Cl)c3)Oc3cc4cc(c3O[C@@H]3O[C@@H](CO)[C@H](O)[C@@H](O)[C@H]3O)Oc3ccc(cc3Cl)[C@@H](O)[C@H]3NC(=O)[C@H](NC)c5ccc(O)c(c5)Oc5cc(O)c(Cl)c(c5)[C@@H](NC3=O)C(=O)N[C@H]4C(=O)N[C@@H]3C(=O)N[C@@H]2C(=O)NC(C(=O)O)c2cc(O)cc(O)c2-c2cc3cc(Cl)c2O[C@@H]2O[C@@H](CO)[C@H](O)[C@@H](O)[C@H]2O)O[C@H](C(=O)O)[C@@H](O)[C@@H]1O.